The van der Waals surface area contributed by atoms with E-state index in [4.69, 9.17) is 0 Å². The average Bonchev–Trinajstić information content (AvgIpc) is 2.54. The second-order valence-electron chi connectivity index (χ2n) is 8.43. The lowest BCUT2D eigenvalue weighted by molar-refractivity contribution is -0.182. The summed E-state index contributed by atoms with van der Waals surface area (Å²) in [5, 5.41) is 20.0. The molecule has 1 saturated carbocycles. The van der Waals surface area contributed by atoms with Crippen molar-refractivity contribution in [2.24, 2.45) is 16.7 Å². The first kappa shape index (κ1) is 22.0. The molecule has 0 amide bonds. The van der Waals surface area contributed by atoms with Crippen LogP contribution in [-0.2, 0) is 9.59 Å². The second-order valence-corrected chi connectivity index (χ2v) is 8.43. The van der Waals surface area contributed by atoms with Gasteiger partial charge in [0.25, 0.3) is 0 Å². The Morgan fingerprint density at radius 1 is 0.840 bits per heavy atom. The molecule has 0 spiro atoms. The number of hydrogen-bond acceptors (Lipinski definition) is 2. The average molecular weight is 355 g/mol. The quantitative estimate of drug-likeness (QED) is 0.429. The zero-order valence-corrected chi connectivity index (χ0v) is 16.5. The standard InChI is InChI=1S/C21H38O4/c1-4-13-20(18(22)23)15-10-11-16-21(20,19(24)25)14-9-7-5-6-8-12-17(2)3/h17H,4-16H2,1-3H3,(H,22,23)(H,24,25). The molecule has 1 rings (SSSR count). The summed E-state index contributed by atoms with van der Waals surface area (Å²) >= 11 is 0. The number of carboxylic acid groups (broad SMARTS) is 2. The minimum atomic E-state index is -1.08. The van der Waals surface area contributed by atoms with Gasteiger partial charge >= 0.3 is 11.9 Å². The second kappa shape index (κ2) is 10.2. The summed E-state index contributed by atoms with van der Waals surface area (Å²) in [4.78, 5) is 24.4. The summed E-state index contributed by atoms with van der Waals surface area (Å²) in [6, 6.07) is 0. The van der Waals surface area contributed by atoms with Crippen LogP contribution in [0.2, 0.25) is 0 Å². The van der Waals surface area contributed by atoms with Crippen molar-refractivity contribution in [2.45, 2.75) is 104 Å². The first-order chi connectivity index (χ1) is 11.8. The molecule has 0 radical (unpaired) electrons. The Bertz CT molecular complexity index is 428. The van der Waals surface area contributed by atoms with Crippen molar-refractivity contribution in [3.63, 3.8) is 0 Å². The molecule has 1 aliphatic carbocycles. The zero-order chi connectivity index (χ0) is 18.9. The van der Waals surface area contributed by atoms with E-state index in [-0.39, 0.29) is 0 Å². The van der Waals surface area contributed by atoms with Gasteiger partial charge in [-0.3, -0.25) is 9.59 Å². The number of hydrogen-bond donors (Lipinski definition) is 2. The van der Waals surface area contributed by atoms with Gasteiger partial charge in [-0.15, -0.1) is 0 Å². The first-order valence-electron chi connectivity index (χ1n) is 10.3. The van der Waals surface area contributed by atoms with Crippen molar-refractivity contribution in [1.82, 2.24) is 0 Å². The van der Waals surface area contributed by atoms with E-state index in [0.29, 0.717) is 25.7 Å². The van der Waals surface area contributed by atoms with Crippen molar-refractivity contribution >= 4 is 11.9 Å². The summed E-state index contributed by atoms with van der Waals surface area (Å²) in [5.41, 5.74) is -2.16. The van der Waals surface area contributed by atoms with Crippen LogP contribution in [0.5, 0.6) is 0 Å². The molecule has 146 valence electrons. The van der Waals surface area contributed by atoms with Gasteiger partial charge in [0.05, 0.1) is 10.8 Å². The van der Waals surface area contributed by atoms with Crippen molar-refractivity contribution in [3.8, 4) is 0 Å². The Morgan fingerprint density at radius 3 is 1.80 bits per heavy atom. The fraction of sp³-hybridized carbons (Fsp3) is 0.905. The molecule has 0 aromatic rings. The van der Waals surface area contributed by atoms with Crippen molar-refractivity contribution in [3.05, 3.63) is 0 Å². The number of unbranched alkanes of at least 4 members (excludes halogenated alkanes) is 4. The number of carboxylic acids is 2. The third-order valence-electron chi connectivity index (χ3n) is 6.25. The van der Waals surface area contributed by atoms with Gasteiger partial charge in [-0.1, -0.05) is 78.6 Å². The lowest BCUT2D eigenvalue weighted by atomic mass is 9.52. The highest BCUT2D eigenvalue weighted by molar-refractivity contribution is 5.87. The summed E-state index contributed by atoms with van der Waals surface area (Å²) in [6.07, 6.45) is 11.0. The molecule has 1 fully saturated rings. The van der Waals surface area contributed by atoms with E-state index >= 15 is 0 Å². The highest BCUT2D eigenvalue weighted by Gasteiger charge is 2.60. The van der Waals surface area contributed by atoms with Crippen LogP contribution in [0.3, 0.4) is 0 Å². The molecule has 0 aliphatic heterocycles. The number of rotatable bonds is 12. The fourth-order valence-electron chi connectivity index (χ4n) is 4.83. The van der Waals surface area contributed by atoms with Gasteiger partial charge in [-0.25, -0.2) is 0 Å². The Balaban J connectivity index is 2.73. The van der Waals surface area contributed by atoms with E-state index in [1.54, 1.807) is 0 Å². The van der Waals surface area contributed by atoms with Gasteiger partial charge in [0.2, 0.25) is 0 Å². The third kappa shape index (κ3) is 5.21. The third-order valence-corrected chi connectivity index (χ3v) is 6.25. The molecular weight excluding hydrogens is 316 g/mol. The molecule has 4 heteroatoms. The molecule has 25 heavy (non-hydrogen) atoms. The molecule has 2 unspecified atom stereocenters. The van der Waals surface area contributed by atoms with Crippen molar-refractivity contribution in [1.29, 1.82) is 0 Å². The first-order valence-corrected chi connectivity index (χ1v) is 10.3. The van der Waals surface area contributed by atoms with E-state index in [1.165, 1.54) is 19.3 Å². The Kier molecular flexibility index (Phi) is 8.95. The molecular formula is C21H38O4. The lowest BCUT2D eigenvalue weighted by Gasteiger charge is -2.48. The Labute approximate surface area is 153 Å². The summed E-state index contributed by atoms with van der Waals surface area (Å²) in [5.74, 6) is -1.04. The number of carbonyl (C=O) groups is 2. The maximum Gasteiger partial charge on any atom is 0.310 e. The number of aliphatic carboxylic acids is 2. The van der Waals surface area contributed by atoms with Crippen molar-refractivity contribution < 1.29 is 19.8 Å². The van der Waals surface area contributed by atoms with Crippen LogP contribution in [-0.4, -0.2) is 22.2 Å². The predicted molar refractivity (Wildman–Crippen MR) is 101 cm³/mol. The highest BCUT2D eigenvalue weighted by atomic mass is 16.4. The molecule has 0 saturated heterocycles. The maximum atomic E-state index is 12.2. The Morgan fingerprint density at radius 2 is 1.32 bits per heavy atom. The van der Waals surface area contributed by atoms with Crippen LogP contribution >= 0.6 is 0 Å². The van der Waals surface area contributed by atoms with Crippen LogP contribution in [0.25, 0.3) is 0 Å². The van der Waals surface area contributed by atoms with Crippen LogP contribution in [0.1, 0.15) is 104 Å². The van der Waals surface area contributed by atoms with E-state index in [1.807, 2.05) is 6.92 Å². The van der Waals surface area contributed by atoms with E-state index in [9.17, 15) is 19.8 Å². The highest BCUT2D eigenvalue weighted by Crippen LogP contribution is 2.56. The molecule has 0 heterocycles. The van der Waals surface area contributed by atoms with Crippen LogP contribution in [0.4, 0.5) is 0 Å². The molecule has 1 aliphatic rings. The van der Waals surface area contributed by atoms with Crippen LogP contribution in [0.15, 0.2) is 0 Å². The minimum absolute atomic E-state index is 0.475. The van der Waals surface area contributed by atoms with Crippen LogP contribution < -0.4 is 0 Å². The van der Waals surface area contributed by atoms with Gasteiger partial charge in [0, 0.05) is 0 Å². The summed E-state index contributed by atoms with van der Waals surface area (Å²) in [6.45, 7) is 6.43. The topological polar surface area (TPSA) is 74.6 Å². The normalized spacial score (nSPS) is 26.7. The molecule has 0 aromatic heterocycles. The summed E-state index contributed by atoms with van der Waals surface area (Å²) in [7, 11) is 0. The molecule has 0 bridgehead atoms. The predicted octanol–water partition coefficient (Wildman–Crippen LogP) is 5.89. The van der Waals surface area contributed by atoms with Crippen LogP contribution in [0, 0.1) is 16.7 Å². The fourth-order valence-corrected chi connectivity index (χ4v) is 4.83. The SMILES string of the molecule is CCCC1(C(=O)O)CCCCC1(CCCCCCCC(C)C)C(=O)O. The molecule has 4 nitrogen and oxygen atoms in total. The lowest BCUT2D eigenvalue weighted by Crippen LogP contribution is -2.54. The summed E-state index contributed by atoms with van der Waals surface area (Å²) < 4.78 is 0. The van der Waals surface area contributed by atoms with Gasteiger partial charge in [-0.05, 0) is 31.6 Å². The van der Waals surface area contributed by atoms with Gasteiger partial charge in [0.1, 0.15) is 0 Å². The van der Waals surface area contributed by atoms with Gasteiger partial charge in [0.15, 0.2) is 0 Å². The van der Waals surface area contributed by atoms with Gasteiger partial charge in [-0.2, -0.15) is 0 Å². The monoisotopic (exact) mass is 354 g/mol. The van der Waals surface area contributed by atoms with E-state index in [0.717, 1.165) is 44.4 Å². The molecule has 2 N–H and O–H groups in total. The molecule has 0 aromatic carbocycles. The molecule has 2 atom stereocenters. The van der Waals surface area contributed by atoms with Gasteiger partial charge < -0.3 is 10.2 Å². The Hall–Kier alpha value is -1.06. The zero-order valence-electron chi connectivity index (χ0n) is 16.5. The largest absolute Gasteiger partial charge is 0.481 e. The van der Waals surface area contributed by atoms with E-state index < -0.39 is 22.8 Å². The maximum absolute atomic E-state index is 12.2. The van der Waals surface area contributed by atoms with Crippen molar-refractivity contribution in [2.75, 3.05) is 0 Å². The van der Waals surface area contributed by atoms with E-state index in [2.05, 4.69) is 13.8 Å². The minimum Gasteiger partial charge on any atom is -0.481 e. The smallest absolute Gasteiger partial charge is 0.310 e.